The molecule has 1 saturated carbocycles. The van der Waals surface area contributed by atoms with E-state index in [9.17, 15) is 0 Å². The number of halogens is 2. The van der Waals surface area contributed by atoms with Gasteiger partial charge in [-0.05, 0) is 49.1 Å². The Hall–Kier alpha value is -0.240. The van der Waals surface area contributed by atoms with Gasteiger partial charge in [0.2, 0.25) is 0 Å². The summed E-state index contributed by atoms with van der Waals surface area (Å²) in [7, 11) is 0. The van der Waals surface area contributed by atoms with Crippen LogP contribution in [-0.4, -0.2) is 6.54 Å². The molecule has 3 heteroatoms. The Labute approximate surface area is 126 Å². The maximum atomic E-state index is 6.13. The molecule has 0 heterocycles. The summed E-state index contributed by atoms with van der Waals surface area (Å²) in [5.74, 6) is 0.854. The summed E-state index contributed by atoms with van der Waals surface area (Å²) in [5, 5.41) is 5.12. The molecule has 0 amide bonds. The first-order valence-corrected chi connectivity index (χ1v) is 8.14. The van der Waals surface area contributed by atoms with Crippen molar-refractivity contribution in [1.29, 1.82) is 0 Å². The van der Waals surface area contributed by atoms with E-state index in [4.69, 9.17) is 23.2 Å². The molecule has 1 aliphatic carbocycles. The van der Waals surface area contributed by atoms with Crippen LogP contribution in [0.1, 0.15) is 57.1 Å². The van der Waals surface area contributed by atoms with Crippen LogP contribution >= 0.6 is 23.2 Å². The summed E-state index contributed by atoms with van der Waals surface area (Å²) in [6.45, 7) is 3.24. The Morgan fingerprint density at radius 2 is 1.79 bits per heavy atom. The van der Waals surface area contributed by atoms with Crippen molar-refractivity contribution in [2.24, 2.45) is 5.92 Å². The van der Waals surface area contributed by atoms with E-state index in [2.05, 4.69) is 24.4 Å². The molecule has 1 aromatic rings. The first-order valence-electron chi connectivity index (χ1n) is 7.38. The molecule has 1 aliphatic rings. The minimum absolute atomic E-state index is 0.388. The van der Waals surface area contributed by atoms with Gasteiger partial charge in [0, 0.05) is 16.1 Å². The second-order valence-corrected chi connectivity index (χ2v) is 6.47. The van der Waals surface area contributed by atoms with Gasteiger partial charge in [0.15, 0.2) is 0 Å². The van der Waals surface area contributed by atoms with E-state index in [1.165, 1.54) is 37.7 Å². The molecule has 1 unspecified atom stereocenters. The van der Waals surface area contributed by atoms with Crippen LogP contribution in [0.3, 0.4) is 0 Å². The van der Waals surface area contributed by atoms with Crippen molar-refractivity contribution >= 4 is 23.2 Å². The van der Waals surface area contributed by atoms with E-state index in [0.29, 0.717) is 6.04 Å². The van der Waals surface area contributed by atoms with Gasteiger partial charge in [0.25, 0.3) is 0 Å². The van der Waals surface area contributed by atoms with Crippen LogP contribution in [0, 0.1) is 5.92 Å². The van der Waals surface area contributed by atoms with Crippen molar-refractivity contribution in [2.45, 2.75) is 51.5 Å². The molecule has 0 aromatic heterocycles. The largest absolute Gasteiger partial charge is 0.310 e. The van der Waals surface area contributed by atoms with Crippen LogP contribution in [0.25, 0.3) is 0 Å². The SMILES string of the molecule is CCCNC(CC1CCCC1)c1cc(Cl)cc(Cl)c1. The van der Waals surface area contributed by atoms with Crippen molar-refractivity contribution in [3.8, 4) is 0 Å². The second kappa shape index (κ2) is 7.52. The van der Waals surface area contributed by atoms with Crippen LogP contribution in [-0.2, 0) is 0 Å². The summed E-state index contributed by atoms with van der Waals surface area (Å²) < 4.78 is 0. The number of hydrogen-bond donors (Lipinski definition) is 1. The summed E-state index contributed by atoms with van der Waals surface area (Å²) in [5.41, 5.74) is 1.23. The van der Waals surface area contributed by atoms with Gasteiger partial charge in [-0.2, -0.15) is 0 Å². The molecule has 1 atom stereocenters. The zero-order chi connectivity index (χ0) is 13.7. The maximum Gasteiger partial charge on any atom is 0.0424 e. The van der Waals surface area contributed by atoms with Crippen LogP contribution in [0.2, 0.25) is 10.0 Å². The summed E-state index contributed by atoms with van der Waals surface area (Å²) in [6, 6.07) is 6.30. The smallest absolute Gasteiger partial charge is 0.0424 e. The Morgan fingerprint density at radius 3 is 2.37 bits per heavy atom. The Bertz CT molecular complexity index is 379. The normalized spacial score (nSPS) is 17.8. The second-order valence-electron chi connectivity index (χ2n) is 5.60. The zero-order valence-corrected chi connectivity index (χ0v) is 13.1. The first-order chi connectivity index (χ1) is 9.19. The molecule has 0 saturated heterocycles. The lowest BCUT2D eigenvalue weighted by atomic mass is 9.93. The lowest BCUT2D eigenvalue weighted by molar-refractivity contribution is 0.395. The van der Waals surface area contributed by atoms with Crippen LogP contribution in [0.5, 0.6) is 0 Å². The third-order valence-corrected chi connectivity index (χ3v) is 4.41. The molecule has 106 valence electrons. The summed E-state index contributed by atoms with van der Waals surface area (Å²) in [4.78, 5) is 0. The van der Waals surface area contributed by atoms with E-state index in [-0.39, 0.29) is 0 Å². The van der Waals surface area contributed by atoms with Crippen molar-refractivity contribution in [2.75, 3.05) is 6.54 Å². The third kappa shape index (κ3) is 4.66. The summed E-state index contributed by atoms with van der Waals surface area (Å²) in [6.07, 6.45) is 7.88. The average molecular weight is 300 g/mol. The molecule has 2 rings (SSSR count). The number of hydrogen-bond acceptors (Lipinski definition) is 1. The fourth-order valence-corrected chi connectivity index (χ4v) is 3.55. The number of rotatable bonds is 6. The molecule has 1 nitrogen and oxygen atoms in total. The van der Waals surface area contributed by atoms with E-state index in [1.807, 2.05) is 0 Å². The molecular formula is C16H23Cl2N. The van der Waals surface area contributed by atoms with Gasteiger partial charge in [0.1, 0.15) is 0 Å². The van der Waals surface area contributed by atoms with Crippen LogP contribution < -0.4 is 5.32 Å². The minimum Gasteiger partial charge on any atom is -0.310 e. The van der Waals surface area contributed by atoms with Gasteiger partial charge in [-0.25, -0.2) is 0 Å². The predicted molar refractivity (Wildman–Crippen MR) is 84.1 cm³/mol. The standard InChI is InChI=1S/C16H23Cl2N/c1-2-7-19-16(8-12-5-3-4-6-12)13-9-14(17)11-15(18)10-13/h9-12,16,19H,2-8H2,1H3. The van der Waals surface area contributed by atoms with Gasteiger partial charge in [-0.3, -0.25) is 0 Å². The summed E-state index contributed by atoms with van der Waals surface area (Å²) >= 11 is 12.3. The van der Waals surface area contributed by atoms with Gasteiger partial charge >= 0.3 is 0 Å². The Morgan fingerprint density at radius 1 is 1.16 bits per heavy atom. The lowest BCUT2D eigenvalue weighted by Crippen LogP contribution is -2.24. The topological polar surface area (TPSA) is 12.0 Å². The van der Waals surface area contributed by atoms with Crippen molar-refractivity contribution < 1.29 is 0 Å². The van der Waals surface area contributed by atoms with Crippen molar-refractivity contribution in [3.05, 3.63) is 33.8 Å². The van der Waals surface area contributed by atoms with Crippen molar-refractivity contribution in [3.63, 3.8) is 0 Å². The van der Waals surface area contributed by atoms with Gasteiger partial charge < -0.3 is 5.32 Å². The molecular weight excluding hydrogens is 277 g/mol. The van der Waals surface area contributed by atoms with Gasteiger partial charge in [-0.1, -0.05) is 55.8 Å². The molecule has 0 bridgehead atoms. The highest BCUT2D eigenvalue weighted by atomic mass is 35.5. The van der Waals surface area contributed by atoms with E-state index >= 15 is 0 Å². The molecule has 19 heavy (non-hydrogen) atoms. The van der Waals surface area contributed by atoms with E-state index in [1.54, 1.807) is 6.07 Å². The monoisotopic (exact) mass is 299 g/mol. The van der Waals surface area contributed by atoms with Crippen molar-refractivity contribution in [1.82, 2.24) is 5.32 Å². The maximum absolute atomic E-state index is 6.13. The molecule has 0 spiro atoms. The van der Waals surface area contributed by atoms with Gasteiger partial charge in [0.05, 0.1) is 0 Å². The molecule has 1 fully saturated rings. The molecule has 0 radical (unpaired) electrons. The minimum atomic E-state index is 0.388. The average Bonchev–Trinajstić information content (AvgIpc) is 2.86. The number of nitrogens with one attached hydrogen (secondary N) is 1. The highest BCUT2D eigenvalue weighted by molar-refractivity contribution is 6.34. The molecule has 1 N–H and O–H groups in total. The molecule has 1 aromatic carbocycles. The van der Waals surface area contributed by atoms with E-state index in [0.717, 1.165) is 28.9 Å². The quantitative estimate of drug-likeness (QED) is 0.719. The first kappa shape index (κ1) is 15.2. The Kier molecular flexibility index (Phi) is 6.00. The zero-order valence-electron chi connectivity index (χ0n) is 11.6. The lowest BCUT2D eigenvalue weighted by Gasteiger charge is -2.23. The third-order valence-electron chi connectivity index (χ3n) is 3.97. The fraction of sp³-hybridized carbons (Fsp3) is 0.625. The predicted octanol–water partition coefficient (Wildman–Crippen LogP) is 5.61. The van der Waals surface area contributed by atoms with Gasteiger partial charge in [-0.15, -0.1) is 0 Å². The van der Waals surface area contributed by atoms with Crippen LogP contribution in [0.15, 0.2) is 18.2 Å². The highest BCUT2D eigenvalue weighted by Crippen LogP contribution is 2.34. The number of benzene rings is 1. The highest BCUT2D eigenvalue weighted by Gasteiger charge is 2.21. The molecule has 0 aliphatic heterocycles. The Balaban J connectivity index is 2.10. The van der Waals surface area contributed by atoms with Crippen LogP contribution in [0.4, 0.5) is 0 Å². The fourth-order valence-electron chi connectivity index (χ4n) is 3.01. The van der Waals surface area contributed by atoms with E-state index < -0.39 is 0 Å².